The maximum atomic E-state index is 2.47. The van der Waals surface area contributed by atoms with Crippen molar-refractivity contribution in [3.05, 3.63) is 631 Å². The Hall–Kier alpha value is -18.3. The van der Waals surface area contributed by atoms with Gasteiger partial charge in [0.15, 0.2) is 0 Å². The van der Waals surface area contributed by atoms with Gasteiger partial charge in [-0.2, -0.15) is 0 Å². The van der Waals surface area contributed by atoms with Crippen LogP contribution in [0.25, 0.3) is 122 Å². The van der Waals surface area contributed by atoms with E-state index in [0.29, 0.717) is 0 Å². The number of hydrogen-bond donors (Lipinski definition) is 0. The van der Waals surface area contributed by atoms with Crippen LogP contribution in [-0.2, 0) is 16.2 Å². The van der Waals surface area contributed by atoms with E-state index in [4.69, 9.17) is 0 Å². The average Bonchev–Trinajstić information content (AvgIpc) is 1.56. The van der Waals surface area contributed by atoms with Gasteiger partial charge in [-0.1, -0.05) is 467 Å². The molecule has 3 heteroatoms. The number of aryl methyl sites for hydroxylation is 2. The third kappa shape index (κ3) is 16.8. The Bertz CT molecular complexity index is 8660. The van der Waals surface area contributed by atoms with Crippen molar-refractivity contribution >= 4 is 62.0 Å². The SMILES string of the molecule is CC1(c2ccccc2)c2ccccc2-c2c(N(c3ccc(-c4ccccc4)cc3)c3cc(-c4ccccc4)cc(-c4ccccc4)c3)cccc21.CC1(c2ccccc2)c2ccccc2-c2c(N(c3ccc(-c4ccccc4)cc3)c3ccc4cc(-c5ccccc5)ccc4c3)cccc21.Cc1ccccc1-c1ccc(N(c2ccc(-c3ccccc3)cc2)c2cccc3c2-c2ccccc2C3(C)c2ccccc2)cc1C. The molecule has 0 radical (unpaired) electrons. The number of benzene rings is 23. The van der Waals surface area contributed by atoms with Crippen LogP contribution < -0.4 is 14.7 Å². The predicted octanol–water partition coefficient (Wildman–Crippen LogP) is 38.9. The summed E-state index contributed by atoms with van der Waals surface area (Å²) in [4.78, 5) is 7.38. The molecule has 3 unspecified atom stereocenters. The van der Waals surface area contributed by atoms with Crippen molar-refractivity contribution in [1.29, 1.82) is 0 Å². The van der Waals surface area contributed by atoms with Crippen LogP contribution in [-0.4, -0.2) is 0 Å². The molecular weight excluding hydrogens is 1770 g/mol. The van der Waals surface area contributed by atoms with Gasteiger partial charge in [0.1, 0.15) is 0 Å². The fraction of sp³-hybridized carbons (Fsp3) is 0.0556. The Balaban J connectivity index is 0.000000118. The van der Waals surface area contributed by atoms with Crippen LogP contribution in [0.3, 0.4) is 0 Å². The third-order valence-corrected chi connectivity index (χ3v) is 30.9. The maximum absolute atomic E-state index is 2.47. The van der Waals surface area contributed by atoms with Crippen LogP contribution in [0.5, 0.6) is 0 Å². The Kier molecular flexibility index (Phi) is 24.3. The van der Waals surface area contributed by atoms with Crippen molar-refractivity contribution in [3.63, 3.8) is 0 Å². The highest BCUT2D eigenvalue weighted by Gasteiger charge is 2.46. The molecule has 0 saturated carbocycles. The number of nitrogens with zero attached hydrogens (tertiary/aromatic N) is 3. The fourth-order valence-corrected chi connectivity index (χ4v) is 23.4. The second kappa shape index (κ2) is 39.2. The summed E-state index contributed by atoms with van der Waals surface area (Å²) in [6.07, 6.45) is 0. The molecule has 23 aromatic rings. The van der Waals surface area contributed by atoms with E-state index in [1.807, 2.05) is 0 Å². The summed E-state index contributed by atoms with van der Waals surface area (Å²) < 4.78 is 0. The van der Waals surface area contributed by atoms with Crippen LogP contribution in [0.15, 0.2) is 570 Å². The van der Waals surface area contributed by atoms with Gasteiger partial charge in [0.2, 0.25) is 0 Å². The van der Waals surface area contributed by atoms with Crippen molar-refractivity contribution < 1.29 is 0 Å². The van der Waals surface area contributed by atoms with E-state index in [1.54, 1.807) is 0 Å². The van der Waals surface area contributed by atoms with Crippen LogP contribution in [0.2, 0.25) is 0 Å². The van der Waals surface area contributed by atoms with Gasteiger partial charge in [-0.3, -0.25) is 0 Å². The fourth-order valence-electron chi connectivity index (χ4n) is 23.4. The molecule has 0 fully saturated rings. The molecule has 0 spiro atoms. The standard InChI is InChI=1S/C50H37N.C48H35N.C46H37N/c1-50(42-23-12-5-13-24-42)46-26-15-14-25-45(46)49-47(50)27-16-28-48(49)51(43-31-29-39(30-32-43)36-17-6-2-7-18-36)44-34-40(37-19-8-3-9-20-37)33-41(35-44)38-21-10-4-11-22-38;1-48(40-18-9-4-10-19-40)44-21-12-11-20-43(44)47-45(48)22-13-23-46(47)49(41-29-26-36(27-30-41)34-14-5-2-6-15-34)42-31-28-38-32-37(24-25-39(38)33-42)35-16-7-3-8-17-35;1-32-15-10-11-20-39(32)40-30-29-38(31-33(40)2)47(37-27-25-35(26-28-37)34-16-6-4-7-17-34)44-24-14-23-43-45(44)41-21-12-13-22-42(41)46(43,3)36-18-8-5-9-19-36/h2-35H,1H3;2-33H,1H3;4-31H,1-3H3. The minimum Gasteiger partial charge on any atom is -0.310 e. The predicted molar refractivity (Wildman–Crippen MR) is 621 cm³/mol. The zero-order valence-corrected chi connectivity index (χ0v) is 83.1. The van der Waals surface area contributed by atoms with Crippen LogP contribution >= 0.6 is 0 Å². The van der Waals surface area contributed by atoms with E-state index < -0.39 is 0 Å². The van der Waals surface area contributed by atoms with E-state index in [-0.39, 0.29) is 16.2 Å². The molecule has 23 aromatic carbocycles. The Morgan fingerprint density at radius 3 is 0.735 bits per heavy atom. The van der Waals surface area contributed by atoms with E-state index >= 15 is 0 Å². The lowest BCUT2D eigenvalue weighted by molar-refractivity contribution is 0.714. The van der Waals surface area contributed by atoms with E-state index in [0.717, 1.165) is 39.8 Å². The van der Waals surface area contributed by atoms with Crippen LogP contribution in [0.4, 0.5) is 51.2 Å². The van der Waals surface area contributed by atoms with Crippen molar-refractivity contribution in [2.45, 2.75) is 50.9 Å². The van der Waals surface area contributed by atoms with Gasteiger partial charge in [-0.05, 0) is 304 Å². The van der Waals surface area contributed by atoms with Gasteiger partial charge in [0.05, 0.1) is 17.1 Å². The van der Waals surface area contributed by atoms with E-state index in [2.05, 4.69) is 620 Å². The van der Waals surface area contributed by atoms with Gasteiger partial charge in [0.25, 0.3) is 0 Å². The molecule has 26 rings (SSSR count). The molecule has 0 N–H and O–H groups in total. The number of fused-ring (bicyclic) bond motifs is 10. The average molecular weight is 1880 g/mol. The molecule has 3 aliphatic carbocycles. The molecule has 0 saturated heterocycles. The molecule has 0 heterocycles. The van der Waals surface area contributed by atoms with Gasteiger partial charge < -0.3 is 14.7 Å². The first kappa shape index (κ1) is 91.2. The Labute approximate surface area is 864 Å². The summed E-state index contributed by atoms with van der Waals surface area (Å²) in [5.41, 5.74) is 48.6. The summed E-state index contributed by atoms with van der Waals surface area (Å²) in [5, 5.41) is 2.44. The zero-order valence-electron chi connectivity index (χ0n) is 83.1. The number of anilines is 9. The monoisotopic (exact) mass is 1880 g/mol. The molecule has 0 aromatic heterocycles. The lowest BCUT2D eigenvalue weighted by Gasteiger charge is -2.31. The number of hydrogen-bond acceptors (Lipinski definition) is 3. The largest absolute Gasteiger partial charge is 0.310 e. The first-order valence-electron chi connectivity index (χ1n) is 51.2. The Morgan fingerprint density at radius 2 is 0.388 bits per heavy atom. The summed E-state index contributed by atoms with van der Waals surface area (Å²) in [5.74, 6) is 0. The van der Waals surface area contributed by atoms with Crippen molar-refractivity contribution in [2.24, 2.45) is 0 Å². The molecular formula is C144H109N3. The highest BCUT2D eigenvalue weighted by Crippen LogP contribution is 2.62. The highest BCUT2D eigenvalue weighted by molar-refractivity contribution is 6.02. The first-order valence-corrected chi connectivity index (χ1v) is 51.2. The molecule has 147 heavy (non-hydrogen) atoms. The second-order valence-electron chi connectivity index (χ2n) is 39.4. The van der Waals surface area contributed by atoms with Gasteiger partial charge in [0, 0.05) is 67.1 Å². The minimum atomic E-state index is -0.298. The Morgan fingerprint density at radius 1 is 0.143 bits per heavy atom. The molecule has 0 amide bonds. The van der Waals surface area contributed by atoms with Gasteiger partial charge in [-0.15, -0.1) is 0 Å². The molecule has 3 nitrogen and oxygen atoms in total. The smallest absolute Gasteiger partial charge is 0.0543 e. The minimum absolute atomic E-state index is 0.267. The van der Waals surface area contributed by atoms with E-state index in [9.17, 15) is 0 Å². The van der Waals surface area contributed by atoms with E-state index in [1.165, 1.54) is 195 Å². The third-order valence-electron chi connectivity index (χ3n) is 30.9. The molecule has 3 aliphatic rings. The van der Waals surface area contributed by atoms with Gasteiger partial charge in [-0.25, -0.2) is 0 Å². The molecule has 3 atom stereocenters. The van der Waals surface area contributed by atoms with Crippen molar-refractivity contribution in [1.82, 2.24) is 0 Å². The first-order chi connectivity index (χ1) is 72.4. The highest BCUT2D eigenvalue weighted by atomic mass is 15.2. The summed E-state index contributed by atoms with van der Waals surface area (Å²) in [6, 6.07) is 208. The molecule has 0 aliphatic heterocycles. The van der Waals surface area contributed by atoms with Crippen molar-refractivity contribution in [3.8, 4) is 111 Å². The summed E-state index contributed by atoms with van der Waals surface area (Å²) >= 11 is 0. The van der Waals surface area contributed by atoms with Crippen LogP contribution in [0, 0.1) is 13.8 Å². The van der Waals surface area contributed by atoms with Crippen LogP contribution in [0.1, 0.15) is 82.0 Å². The lowest BCUT2D eigenvalue weighted by Crippen LogP contribution is -2.22. The molecule has 700 valence electrons. The molecule has 0 bridgehead atoms. The maximum Gasteiger partial charge on any atom is 0.0543 e. The second-order valence-corrected chi connectivity index (χ2v) is 39.4. The zero-order chi connectivity index (χ0) is 98.9. The number of rotatable bonds is 19. The summed E-state index contributed by atoms with van der Waals surface area (Å²) in [6.45, 7) is 11.6. The quantitative estimate of drug-likeness (QED) is 0.0799. The van der Waals surface area contributed by atoms with Gasteiger partial charge >= 0.3 is 0 Å². The topological polar surface area (TPSA) is 9.72 Å². The van der Waals surface area contributed by atoms with Crippen molar-refractivity contribution in [2.75, 3.05) is 14.7 Å². The normalized spacial score (nSPS) is 14.6. The summed E-state index contributed by atoms with van der Waals surface area (Å²) in [7, 11) is 0. The lowest BCUT2D eigenvalue weighted by atomic mass is 9.74.